The molecule has 0 unspecified atom stereocenters. The minimum atomic E-state index is -0.651. The molecule has 0 saturated heterocycles. The smallest absolute Gasteiger partial charge is 0.291 e. The molecule has 1 aromatic heterocycles. The third kappa shape index (κ3) is 4.57. The number of non-ortho nitro benzene ring substituents is 2. The number of benzene rings is 2. The van der Waals surface area contributed by atoms with Crippen LogP contribution in [0.1, 0.15) is 21.9 Å². The molecule has 11 nitrogen and oxygen atoms in total. The molecule has 2 aromatic carbocycles. The molecule has 30 heavy (non-hydrogen) atoms. The first kappa shape index (κ1) is 20.0. The minimum Gasteiger partial charge on any atom is -0.486 e. The lowest BCUT2D eigenvalue weighted by molar-refractivity contribution is -0.385. The molecular weight excluding hydrogens is 396 g/mol. The van der Waals surface area contributed by atoms with Gasteiger partial charge in [0.15, 0.2) is 5.76 Å². The molecule has 0 atom stereocenters. The molecular formula is C19H12N4O7. The van der Waals surface area contributed by atoms with Gasteiger partial charge in [-0.05, 0) is 30.3 Å². The van der Waals surface area contributed by atoms with Crippen LogP contribution in [0.15, 0.2) is 59.0 Å². The summed E-state index contributed by atoms with van der Waals surface area (Å²) in [5.74, 6) is -0.00302. The predicted octanol–water partition coefficient (Wildman–Crippen LogP) is 3.80. The molecule has 1 amide bonds. The lowest BCUT2D eigenvalue weighted by Gasteiger charge is -2.06. The molecule has 3 rings (SSSR count). The highest BCUT2D eigenvalue weighted by molar-refractivity contribution is 6.03. The molecule has 0 aliphatic carbocycles. The van der Waals surface area contributed by atoms with Crippen LogP contribution in [-0.2, 0) is 6.61 Å². The molecule has 0 saturated carbocycles. The van der Waals surface area contributed by atoms with Gasteiger partial charge in [-0.1, -0.05) is 0 Å². The molecule has 11 heteroatoms. The zero-order valence-corrected chi connectivity index (χ0v) is 15.1. The lowest BCUT2D eigenvalue weighted by Crippen LogP contribution is -2.12. The normalized spacial score (nSPS) is 10.1. The van der Waals surface area contributed by atoms with E-state index in [4.69, 9.17) is 14.4 Å². The Morgan fingerprint density at radius 1 is 1.03 bits per heavy atom. The summed E-state index contributed by atoms with van der Waals surface area (Å²) in [4.78, 5) is 32.6. The van der Waals surface area contributed by atoms with Gasteiger partial charge < -0.3 is 14.5 Å². The Balaban J connectivity index is 1.64. The van der Waals surface area contributed by atoms with E-state index >= 15 is 0 Å². The number of nitriles is 1. The maximum Gasteiger partial charge on any atom is 0.291 e. The summed E-state index contributed by atoms with van der Waals surface area (Å²) in [6.45, 7) is -0.0218. The van der Waals surface area contributed by atoms with E-state index in [1.807, 2.05) is 0 Å². The number of carbonyl (C=O) groups is 1. The van der Waals surface area contributed by atoms with Crippen molar-refractivity contribution in [1.29, 1.82) is 5.26 Å². The van der Waals surface area contributed by atoms with Gasteiger partial charge in [0, 0.05) is 24.3 Å². The van der Waals surface area contributed by atoms with Crippen molar-refractivity contribution < 1.29 is 23.8 Å². The fourth-order valence-electron chi connectivity index (χ4n) is 2.43. The van der Waals surface area contributed by atoms with E-state index in [2.05, 4.69) is 5.32 Å². The Bertz CT molecular complexity index is 1160. The number of carbonyl (C=O) groups excluding carboxylic acids is 1. The molecule has 0 fully saturated rings. The monoisotopic (exact) mass is 408 g/mol. The topological polar surface area (TPSA) is 162 Å². The predicted molar refractivity (Wildman–Crippen MR) is 102 cm³/mol. The van der Waals surface area contributed by atoms with E-state index in [9.17, 15) is 25.0 Å². The van der Waals surface area contributed by atoms with E-state index in [0.717, 1.165) is 6.07 Å². The first-order valence-corrected chi connectivity index (χ1v) is 8.33. The highest BCUT2D eigenvalue weighted by Gasteiger charge is 2.16. The second-order valence-corrected chi connectivity index (χ2v) is 5.86. The van der Waals surface area contributed by atoms with Crippen LogP contribution in [0.2, 0.25) is 0 Å². The van der Waals surface area contributed by atoms with Crippen LogP contribution in [-0.4, -0.2) is 15.8 Å². The second-order valence-electron chi connectivity index (χ2n) is 5.86. The maximum absolute atomic E-state index is 12.3. The fraction of sp³-hybridized carbons (Fsp3) is 0.0526. The molecule has 0 aliphatic heterocycles. The average Bonchev–Trinajstić information content (AvgIpc) is 3.22. The molecule has 0 spiro atoms. The summed E-state index contributed by atoms with van der Waals surface area (Å²) in [6.07, 6.45) is 0. The number of hydrogen-bond acceptors (Lipinski definition) is 8. The average molecular weight is 408 g/mol. The number of nitrogens with zero attached hydrogens (tertiary/aromatic N) is 3. The van der Waals surface area contributed by atoms with Crippen LogP contribution >= 0.6 is 0 Å². The number of furan rings is 1. The summed E-state index contributed by atoms with van der Waals surface area (Å²) in [5.41, 5.74) is -0.297. The van der Waals surface area contributed by atoms with Crippen molar-refractivity contribution >= 4 is 23.0 Å². The Kier molecular flexibility index (Phi) is 5.69. The number of hydrogen-bond donors (Lipinski definition) is 1. The van der Waals surface area contributed by atoms with Crippen LogP contribution < -0.4 is 10.1 Å². The van der Waals surface area contributed by atoms with E-state index in [-0.39, 0.29) is 35.0 Å². The van der Waals surface area contributed by atoms with Crippen LogP contribution in [0.25, 0.3) is 0 Å². The van der Waals surface area contributed by atoms with Gasteiger partial charge in [0.25, 0.3) is 17.3 Å². The number of nitro benzene ring substituents is 2. The van der Waals surface area contributed by atoms with Crippen LogP contribution in [0.3, 0.4) is 0 Å². The number of rotatable bonds is 7. The number of anilines is 1. The zero-order chi connectivity index (χ0) is 21.7. The van der Waals surface area contributed by atoms with Crippen molar-refractivity contribution in [3.8, 4) is 11.8 Å². The third-order valence-corrected chi connectivity index (χ3v) is 3.90. The molecule has 1 heterocycles. The highest BCUT2D eigenvalue weighted by atomic mass is 16.6. The van der Waals surface area contributed by atoms with Crippen molar-refractivity contribution in [2.75, 3.05) is 5.32 Å². The van der Waals surface area contributed by atoms with Crippen molar-refractivity contribution in [1.82, 2.24) is 0 Å². The van der Waals surface area contributed by atoms with Gasteiger partial charge in [-0.2, -0.15) is 5.26 Å². The van der Waals surface area contributed by atoms with Crippen LogP contribution in [0.5, 0.6) is 5.75 Å². The largest absolute Gasteiger partial charge is 0.486 e. The van der Waals surface area contributed by atoms with Gasteiger partial charge in [-0.3, -0.25) is 25.0 Å². The quantitative estimate of drug-likeness (QED) is 0.456. The summed E-state index contributed by atoms with van der Waals surface area (Å²) in [6, 6.07) is 13.7. The van der Waals surface area contributed by atoms with E-state index in [1.165, 1.54) is 48.5 Å². The highest BCUT2D eigenvalue weighted by Crippen LogP contribution is 2.23. The summed E-state index contributed by atoms with van der Waals surface area (Å²) in [7, 11) is 0. The molecule has 0 radical (unpaired) electrons. The van der Waals surface area contributed by atoms with E-state index in [0.29, 0.717) is 11.5 Å². The number of nitro groups is 2. The number of ether oxygens (including phenoxy) is 1. The third-order valence-electron chi connectivity index (χ3n) is 3.90. The Labute approximate surface area is 168 Å². The standard InChI is InChI=1S/C19H12N4O7/c20-10-12-9-14(23(27)28)3-7-17(12)21-19(24)18-8-6-16(30-18)11-29-15-4-1-13(2-5-15)22(25)26/h1-9H,11H2,(H,21,24). The molecule has 150 valence electrons. The van der Waals surface area contributed by atoms with Crippen molar-refractivity contribution in [2.24, 2.45) is 0 Å². The van der Waals surface area contributed by atoms with Crippen LogP contribution in [0.4, 0.5) is 17.1 Å². The molecule has 0 bridgehead atoms. The maximum atomic E-state index is 12.3. The first-order chi connectivity index (χ1) is 14.4. The first-order valence-electron chi connectivity index (χ1n) is 8.33. The Morgan fingerprint density at radius 2 is 1.70 bits per heavy atom. The SMILES string of the molecule is N#Cc1cc([N+](=O)[O-])ccc1NC(=O)c1ccc(COc2ccc([N+](=O)[O-])cc2)o1. The van der Waals surface area contributed by atoms with Gasteiger partial charge in [0.05, 0.1) is 21.1 Å². The van der Waals surface area contributed by atoms with Crippen molar-refractivity contribution in [2.45, 2.75) is 6.61 Å². The van der Waals surface area contributed by atoms with Gasteiger partial charge in [0.1, 0.15) is 24.2 Å². The second kappa shape index (κ2) is 8.53. The van der Waals surface area contributed by atoms with Gasteiger partial charge in [-0.15, -0.1) is 0 Å². The van der Waals surface area contributed by atoms with E-state index < -0.39 is 15.8 Å². The lowest BCUT2D eigenvalue weighted by atomic mass is 10.1. The number of amides is 1. The minimum absolute atomic E-state index is 0.0218. The van der Waals surface area contributed by atoms with Gasteiger partial charge in [0.2, 0.25) is 0 Å². The number of nitrogens with one attached hydrogen (secondary N) is 1. The van der Waals surface area contributed by atoms with Crippen LogP contribution in [0, 0.1) is 31.6 Å². The summed E-state index contributed by atoms with van der Waals surface area (Å²) in [5, 5.41) is 33.0. The fourth-order valence-corrected chi connectivity index (χ4v) is 2.43. The summed E-state index contributed by atoms with van der Waals surface area (Å²) < 4.78 is 10.9. The summed E-state index contributed by atoms with van der Waals surface area (Å²) >= 11 is 0. The molecule has 3 aromatic rings. The van der Waals surface area contributed by atoms with Gasteiger partial charge in [-0.25, -0.2) is 0 Å². The Morgan fingerprint density at radius 3 is 2.33 bits per heavy atom. The Hall–Kier alpha value is -4.72. The van der Waals surface area contributed by atoms with Gasteiger partial charge >= 0.3 is 0 Å². The van der Waals surface area contributed by atoms with E-state index in [1.54, 1.807) is 6.07 Å². The molecule has 1 N–H and O–H groups in total. The van der Waals surface area contributed by atoms with Crippen molar-refractivity contribution in [3.63, 3.8) is 0 Å². The molecule has 0 aliphatic rings. The zero-order valence-electron chi connectivity index (χ0n) is 15.1. The van der Waals surface area contributed by atoms with Crippen molar-refractivity contribution in [3.05, 3.63) is 91.9 Å².